The zero-order valence-electron chi connectivity index (χ0n) is 21.9. The lowest BCUT2D eigenvalue weighted by atomic mass is 10.1. The Kier molecular flexibility index (Phi) is 10.1. The van der Waals surface area contributed by atoms with Gasteiger partial charge in [0.2, 0.25) is 11.8 Å². The minimum Gasteiger partial charge on any atom is -0.497 e. The van der Waals surface area contributed by atoms with Crippen molar-refractivity contribution in [2.75, 3.05) is 32.1 Å². The van der Waals surface area contributed by atoms with E-state index in [2.05, 4.69) is 5.32 Å². The van der Waals surface area contributed by atoms with Gasteiger partial charge in [-0.3, -0.25) is 13.9 Å². The van der Waals surface area contributed by atoms with Crippen LogP contribution >= 0.6 is 23.2 Å². The molecule has 2 amide bonds. The van der Waals surface area contributed by atoms with Crippen LogP contribution in [0.3, 0.4) is 0 Å². The van der Waals surface area contributed by atoms with Gasteiger partial charge in [-0.05, 0) is 61.0 Å². The van der Waals surface area contributed by atoms with Crippen LogP contribution in [0.5, 0.6) is 11.5 Å². The predicted octanol–water partition coefficient (Wildman–Crippen LogP) is 4.37. The molecule has 39 heavy (non-hydrogen) atoms. The van der Waals surface area contributed by atoms with E-state index in [1.54, 1.807) is 49.4 Å². The molecule has 0 bridgehead atoms. The maximum atomic E-state index is 13.9. The number of hydrogen-bond donors (Lipinski definition) is 1. The van der Waals surface area contributed by atoms with E-state index < -0.39 is 34.4 Å². The van der Waals surface area contributed by atoms with E-state index in [1.807, 2.05) is 0 Å². The number of likely N-dealkylation sites (N-methyl/N-ethyl adjacent to an activating group) is 1. The second kappa shape index (κ2) is 13.1. The van der Waals surface area contributed by atoms with Crippen molar-refractivity contribution in [2.24, 2.45) is 0 Å². The fraction of sp³-hybridized carbons (Fsp3) is 0.259. The van der Waals surface area contributed by atoms with Crippen LogP contribution in [-0.2, 0) is 26.2 Å². The number of methoxy groups -OCH3 is 2. The molecule has 3 aromatic carbocycles. The lowest BCUT2D eigenvalue weighted by Crippen LogP contribution is -2.50. The molecule has 0 heterocycles. The summed E-state index contributed by atoms with van der Waals surface area (Å²) in [5.74, 6) is -0.329. The molecule has 0 aliphatic rings. The minimum absolute atomic E-state index is 0.0212. The van der Waals surface area contributed by atoms with Gasteiger partial charge in [-0.2, -0.15) is 0 Å². The van der Waals surface area contributed by atoms with Crippen LogP contribution in [0, 0.1) is 0 Å². The third-order valence-electron chi connectivity index (χ3n) is 6.03. The third-order valence-corrected chi connectivity index (χ3v) is 8.54. The summed E-state index contributed by atoms with van der Waals surface area (Å²) in [6.45, 7) is 0.920. The van der Waals surface area contributed by atoms with Gasteiger partial charge in [-0.1, -0.05) is 41.4 Å². The Hall–Kier alpha value is -3.47. The first kappa shape index (κ1) is 30.1. The molecule has 12 heteroatoms. The number of sulfonamides is 1. The quantitative estimate of drug-likeness (QED) is 0.354. The molecule has 0 radical (unpaired) electrons. The molecule has 3 aromatic rings. The summed E-state index contributed by atoms with van der Waals surface area (Å²) in [5.41, 5.74) is 0.765. The second-order valence-corrected chi connectivity index (χ2v) is 11.1. The van der Waals surface area contributed by atoms with E-state index in [1.165, 1.54) is 50.4 Å². The normalized spacial score (nSPS) is 11.8. The van der Waals surface area contributed by atoms with Crippen LogP contribution in [0.15, 0.2) is 71.6 Å². The number of carbonyl (C=O) groups excluding carboxylic acids is 2. The van der Waals surface area contributed by atoms with Crippen LogP contribution in [0.2, 0.25) is 10.0 Å². The molecule has 0 aliphatic carbocycles. The molecule has 0 saturated heterocycles. The first-order chi connectivity index (χ1) is 18.5. The van der Waals surface area contributed by atoms with E-state index in [9.17, 15) is 18.0 Å². The van der Waals surface area contributed by atoms with E-state index in [0.29, 0.717) is 16.3 Å². The van der Waals surface area contributed by atoms with Crippen molar-refractivity contribution in [1.29, 1.82) is 0 Å². The molecule has 0 fully saturated rings. The number of halogens is 2. The summed E-state index contributed by atoms with van der Waals surface area (Å²) in [6, 6.07) is 16.2. The van der Waals surface area contributed by atoms with Gasteiger partial charge in [-0.25, -0.2) is 8.42 Å². The van der Waals surface area contributed by atoms with Crippen molar-refractivity contribution in [1.82, 2.24) is 10.2 Å². The molecular weight excluding hydrogens is 565 g/mol. The number of benzene rings is 3. The molecule has 0 saturated carbocycles. The highest BCUT2D eigenvalue weighted by Crippen LogP contribution is 2.33. The van der Waals surface area contributed by atoms with Crippen LogP contribution < -0.4 is 19.1 Å². The summed E-state index contributed by atoms with van der Waals surface area (Å²) >= 11 is 12.2. The number of nitrogens with one attached hydrogen (secondary N) is 1. The molecule has 9 nitrogen and oxygen atoms in total. The number of rotatable bonds is 11. The summed E-state index contributed by atoms with van der Waals surface area (Å²) in [5, 5.41) is 3.16. The largest absolute Gasteiger partial charge is 0.497 e. The number of amides is 2. The van der Waals surface area contributed by atoms with E-state index in [-0.39, 0.29) is 27.9 Å². The predicted molar refractivity (Wildman–Crippen MR) is 151 cm³/mol. The van der Waals surface area contributed by atoms with Crippen molar-refractivity contribution in [3.63, 3.8) is 0 Å². The zero-order chi connectivity index (χ0) is 28.7. The maximum absolute atomic E-state index is 13.9. The van der Waals surface area contributed by atoms with Crippen molar-refractivity contribution in [2.45, 2.75) is 24.4 Å². The molecular formula is C27H29Cl2N3O6S. The Balaban J connectivity index is 2.08. The molecule has 1 N–H and O–H groups in total. The van der Waals surface area contributed by atoms with Crippen LogP contribution in [0.1, 0.15) is 12.5 Å². The number of carbonyl (C=O) groups is 2. The van der Waals surface area contributed by atoms with Gasteiger partial charge < -0.3 is 19.7 Å². The van der Waals surface area contributed by atoms with Crippen LogP contribution in [0.25, 0.3) is 0 Å². The number of ether oxygens (including phenoxy) is 2. The fourth-order valence-corrected chi connectivity index (χ4v) is 5.60. The second-order valence-electron chi connectivity index (χ2n) is 8.42. The van der Waals surface area contributed by atoms with Crippen molar-refractivity contribution >= 4 is 50.7 Å². The van der Waals surface area contributed by atoms with Gasteiger partial charge in [0.25, 0.3) is 10.0 Å². The molecule has 208 valence electrons. The topological polar surface area (TPSA) is 105 Å². The summed E-state index contributed by atoms with van der Waals surface area (Å²) in [6.07, 6.45) is 0. The zero-order valence-corrected chi connectivity index (χ0v) is 24.2. The minimum atomic E-state index is -4.27. The smallest absolute Gasteiger partial charge is 0.264 e. The van der Waals surface area contributed by atoms with Gasteiger partial charge in [0, 0.05) is 13.6 Å². The number of nitrogens with zero attached hydrogens (tertiary/aromatic N) is 2. The number of anilines is 1. The van der Waals surface area contributed by atoms with E-state index in [0.717, 1.165) is 4.31 Å². The Bertz CT molecular complexity index is 1430. The Labute approximate surface area is 238 Å². The lowest BCUT2D eigenvalue weighted by molar-refractivity contribution is -0.139. The Morgan fingerprint density at radius 3 is 2.21 bits per heavy atom. The van der Waals surface area contributed by atoms with Crippen LogP contribution in [0.4, 0.5) is 5.69 Å². The molecule has 3 rings (SSSR count). The number of para-hydroxylation sites is 2. The molecule has 0 aromatic heterocycles. The SMILES string of the molecule is CNC(=O)[C@H](C)N(Cc1ccc(Cl)c(Cl)c1)C(=O)CN(c1ccccc1OC)S(=O)(=O)c1ccc(OC)cc1. The first-order valence-electron chi connectivity index (χ1n) is 11.8. The van der Waals surface area contributed by atoms with E-state index >= 15 is 0 Å². The first-order valence-corrected chi connectivity index (χ1v) is 14.0. The molecule has 0 aliphatic heterocycles. The molecule has 1 atom stereocenters. The summed E-state index contributed by atoms with van der Waals surface area (Å²) in [4.78, 5) is 27.7. The average Bonchev–Trinajstić information content (AvgIpc) is 2.95. The van der Waals surface area contributed by atoms with E-state index in [4.69, 9.17) is 32.7 Å². The van der Waals surface area contributed by atoms with Crippen molar-refractivity contribution in [3.05, 3.63) is 82.3 Å². The fourth-order valence-electron chi connectivity index (χ4n) is 3.85. The van der Waals surface area contributed by atoms with Crippen LogP contribution in [-0.4, -0.2) is 59.0 Å². The highest BCUT2D eigenvalue weighted by atomic mass is 35.5. The monoisotopic (exact) mass is 593 g/mol. The summed E-state index contributed by atoms with van der Waals surface area (Å²) < 4.78 is 39.3. The van der Waals surface area contributed by atoms with Crippen molar-refractivity contribution < 1.29 is 27.5 Å². The third kappa shape index (κ3) is 6.95. The highest BCUT2D eigenvalue weighted by Gasteiger charge is 2.33. The van der Waals surface area contributed by atoms with Gasteiger partial charge in [-0.15, -0.1) is 0 Å². The van der Waals surface area contributed by atoms with Crippen molar-refractivity contribution in [3.8, 4) is 11.5 Å². The average molecular weight is 595 g/mol. The Morgan fingerprint density at radius 2 is 1.62 bits per heavy atom. The molecule has 0 spiro atoms. The lowest BCUT2D eigenvalue weighted by Gasteiger charge is -2.32. The highest BCUT2D eigenvalue weighted by molar-refractivity contribution is 7.92. The number of hydrogen-bond acceptors (Lipinski definition) is 6. The maximum Gasteiger partial charge on any atom is 0.264 e. The van der Waals surface area contributed by atoms with Gasteiger partial charge >= 0.3 is 0 Å². The Morgan fingerprint density at radius 1 is 0.949 bits per heavy atom. The van der Waals surface area contributed by atoms with Gasteiger partial charge in [0.1, 0.15) is 24.1 Å². The standard InChI is InChI=1S/C27H29Cl2N3O6S/c1-18(27(34)30-2)31(16-19-9-14-22(28)23(29)15-19)26(33)17-32(24-7-5-6-8-25(24)38-4)39(35,36)21-12-10-20(37-3)11-13-21/h5-15,18H,16-17H2,1-4H3,(H,30,34)/t18-/m0/s1. The van der Waals surface area contributed by atoms with Gasteiger partial charge in [0.15, 0.2) is 0 Å². The summed E-state index contributed by atoms with van der Waals surface area (Å²) in [7, 11) is 0.0659. The van der Waals surface area contributed by atoms with Gasteiger partial charge in [0.05, 0.1) is 34.8 Å². The molecule has 0 unspecified atom stereocenters.